The molecule has 3 heteroatoms. The molecule has 1 aliphatic rings. The quantitative estimate of drug-likeness (QED) is 0.133. The average molecular weight is 404 g/mol. The van der Waals surface area contributed by atoms with Gasteiger partial charge in [-0.15, -0.1) is 0 Å². The second-order valence-corrected chi connectivity index (χ2v) is 8.60. The molecule has 0 radical (unpaired) electrons. The summed E-state index contributed by atoms with van der Waals surface area (Å²) in [5.74, 6) is -0.850. The Hall–Kier alpha value is -1.38. The third kappa shape index (κ3) is 15.2. The van der Waals surface area contributed by atoms with Gasteiger partial charge < -0.3 is 5.32 Å². The van der Waals surface area contributed by atoms with Crippen LogP contribution >= 0.6 is 0 Å². The van der Waals surface area contributed by atoms with Crippen molar-refractivity contribution in [3.63, 3.8) is 0 Å². The van der Waals surface area contributed by atoms with Crippen LogP contribution in [0.5, 0.6) is 0 Å². The normalized spacial score (nSPS) is 13.8. The van der Waals surface area contributed by atoms with Crippen molar-refractivity contribution in [2.45, 2.75) is 122 Å². The highest BCUT2D eigenvalue weighted by Crippen LogP contribution is 2.14. The second kappa shape index (κ2) is 18.6. The predicted octanol–water partition coefficient (Wildman–Crippen LogP) is 7.21. The molecule has 0 aromatic carbocycles. The third-order valence-corrected chi connectivity index (χ3v) is 5.80. The van der Waals surface area contributed by atoms with Crippen molar-refractivity contribution < 1.29 is 9.59 Å². The van der Waals surface area contributed by atoms with Gasteiger partial charge in [0.25, 0.3) is 0 Å². The number of carbonyl (C=O) groups is 2. The van der Waals surface area contributed by atoms with E-state index in [1.54, 1.807) is 6.08 Å². The fourth-order valence-corrected chi connectivity index (χ4v) is 3.88. The fourth-order valence-electron chi connectivity index (χ4n) is 3.88. The van der Waals surface area contributed by atoms with Gasteiger partial charge in [-0.2, -0.15) is 0 Å². The highest BCUT2D eigenvalue weighted by Gasteiger charge is 2.12. The van der Waals surface area contributed by atoms with Gasteiger partial charge in [0.05, 0.1) is 0 Å². The first kappa shape index (κ1) is 25.7. The lowest BCUT2D eigenvalue weighted by atomic mass is 10.0. The first-order valence-electron chi connectivity index (χ1n) is 12.5. The molecule has 0 atom stereocenters. The summed E-state index contributed by atoms with van der Waals surface area (Å²) in [5.41, 5.74) is 0.765. The van der Waals surface area contributed by atoms with Crippen LogP contribution in [0.2, 0.25) is 0 Å². The van der Waals surface area contributed by atoms with Crippen LogP contribution in [0, 0.1) is 0 Å². The zero-order chi connectivity index (χ0) is 21.0. The Morgan fingerprint density at radius 2 is 0.966 bits per heavy atom. The van der Waals surface area contributed by atoms with E-state index < -0.39 is 11.6 Å². The van der Waals surface area contributed by atoms with Gasteiger partial charge in [-0.1, -0.05) is 116 Å². The van der Waals surface area contributed by atoms with Crippen LogP contribution in [0.4, 0.5) is 0 Å². The van der Waals surface area contributed by atoms with E-state index in [4.69, 9.17) is 0 Å². The molecule has 0 unspecified atom stereocenters. The van der Waals surface area contributed by atoms with E-state index in [2.05, 4.69) is 12.2 Å². The van der Waals surface area contributed by atoms with Gasteiger partial charge in [-0.25, -0.2) is 0 Å². The van der Waals surface area contributed by atoms with Gasteiger partial charge in [-0.3, -0.25) is 9.59 Å². The summed E-state index contributed by atoms with van der Waals surface area (Å²) >= 11 is 0. The van der Waals surface area contributed by atoms with Crippen LogP contribution < -0.4 is 5.32 Å². The summed E-state index contributed by atoms with van der Waals surface area (Å²) in [5, 5.41) is 3.23. The van der Waals surface area contributed by atoms with Crippen molar-refractivity contribution in [2.75, 3.05) is 6.54 Å². The summed E-state index contributed by atoms with van der Waals surface area (Å²) in [6.07, 6.45) is 29.3. The van der Waals surface area contributed by atoms with Gasteiger partial charge in [0.2, 0.25) is 11.6 Å². The smallest absolute Gasteiger partial charge is 0.227 e. The fraction of sp³-hybridized carbons (Fsp3) is 0.769. The molecule has 0 fully saturated rings. The Kier molecular flexibility index (Phi) is 16.5. The van der Waals surface area contributed by atoms with Crippen LogP contribution in [-0.2, 0) is 9.59 Å². The van der Waals surface area contributed by atoms with Crippen molar-refractivity contribution in [2.24, 2.45) is 0 Å². The summed E-state index contributed by atoms with van der Waals surface area (Å²) in [6.45, 7) is 3.15. The summed E-state index contributed by atoms with van der Waals surface area (Å²) < 4.78 is 0. The Morgan fingerprint density at radius 3 is 1.38 bits per heavy atom. The molecule has 29 heavy (non-hydrogen) atoms. The van der Waals surface area contributed by atoms with Gasteiger partial charge in [-0.05, 0) is 18.6 Å². The van der Waals surface area contributed by atoms with Gasteiger partial charge >= 0.3 is 0 Å². The molecule has 0 aromatic rings. The Bertz CT molecular complexity index is 493. The van der Waals surface area contributed by atoms with Crippen molar-refractivity contribution in [1.29, 1.82) is 0 Å². The molecule has 1 N–H and O–H groups in total. The Morgan fingerprint density at radius 1 is 0.552 bits per heavy atom. The Balaban J connectivity index is 1.73. The minimum atomic E-state index is -0.427. The van der Waals surface area contributed by atoms with E-state index in [9.17, 15) is 9.59 Å². The molecule has 0 spiro atoms. The molecule has 0 saturated carbocycles. The zero-order valence-electron chi connectivity index (χ0n) is 19.0. The molecule has 0 bridgehead atoms. The van der Waals surface area contributed by atoms with E-state index in [1.165, 1.54) is 121 Å². The molecule has 0 aromatic heterocycles. The van der Waals surface area contributed by atoms with Crippen LogP contribution in [0.15, 0.2) is 23.9 Å². The second-order valence-electron chi connectivity index (χ2n) is 8.60. The van der Waals surface area contributed by atoms with Gasteiger partial charge in [0, 0.05) is 18.3 Å². The lowest BCUT2D eigenvalue weighted by Crippen LogP contribution is -2.20. The molecule has 3 nitrogen and oxygen atoms in total. The lowest BCUT2D eigenvalue weighted by molar-refractivity contribution is -0.131. The highest BCUT2D eigenvalue weighted by atomic mass is 16.2. The van der Waals surface area contributed by atoms with Crippen LogP contribution in [0.3, 0.4) is 0 Å². The SMILES string of the molecule is CCCCCCCCCCCCCCCCCCCCNC1=CC(=O)C(=O)C=C1. The standard InChI is InChI=1S/C26H45NO2/c1-2-3-4-5-6-7-8-9-10-11-12-13-14-15-16-17-18-19-22-27-24-20-21-25(28)26(29)23-24/h20-21,23,27H,2-19,22H2,1H3. The van der Waals surface area contributed by atoms with Crippen LogP contribution in [-0.4, -0.2) is 18.1 Å². The number of ketones is 2. The Labute approximate surface area is 179 Å². The maximum Gasteiger partial charge on any atom is 0.227 e. The van der Waals surface area contributed by atoms with Crippen molar-refractivity contribution in [3.05, 3.63) is 23.9 Å². The van der Waals surface area contributed by atoms with Crippen LogP contribution in [0.1, 0.15) is 122 Å². The van der Waals surface area contributed by atoms with Crippen molar-refractivity contribution in [3.8, 4) is 0 Å². The minimum absolute atomic E-state index is 0.423. The summed E-state index contributed by atoms with van der Waals surface area (Å²) in [4.78, 5) is 22.4. The average Bonchev–Trinajstić information content (AvgIpc) is 2.72. The predicted molar refractivity (Wildman–Crippen MR) is 124 cm³/mol. The molecule has 1 rings (SSSR count). The van der Waals surface area contributed by atoms with Gasteiger partial charge in [0.1, 0.15) is 0 Å². The topological polar surface area (TPSA) is 46.2 Å². The third-order valence-electron chi connectivity index (χ3n) is 5.80. The van der Waals surface area contributed by atoms with Crippen molar-refractivity contribution in [1.82, 2.24) is 5.32 Å². The van der Waals surface area contributed by atoms with Crippen molar-refractivity contribution >= 4 is 11.6 Å². The van der Waals surface area contributed by atoms with Gasteiger partial charge in [0.15, 0.2) is 0 Å². The maximum absolute atomic E-state index is 11.3. The largest absolute Gasteiger partial charge is 0.385 e. The number of nitrogens with one attached hydrogen (secondary N) is 1. The zero-order valence-corrected chi connectivity index (χ0v) is 19.0. The first-order valence-corrected chi connectivity index (χ1v) is 12.5. The van der Waals surface area contributed by atoms with E-state index in [0.29, 0.717) is 0 Å². The molecular weight excluding hydrogens is 358 g/mol. The number of allylic oxidation sites excluding steroid dienone is 3. The maximum atomic E-state index is 11.3. The van der Waals surface area contributed by atoms with E-state index in [1.807, 2.05) is 0 Å². The van der Waals surface area contributed by atoms with Crippen LogP contribution in [0.25, 0.3) is 0 Å². The number of hydrogen-bond acceptors (Lipinski definition) is 3. The number of hydrogen-bond donors (Lipinski definition) is 1. The molecule has 0 heterocycles. The summed E-state index contributed by atoms with van der Waals surface area (Å²) in [6, 6.07) is 0. The monoisotopic (exact) mass is 403 g/mol. The molecule has 0 aliphatic heterocycles. The molecular formula is C26H45NO2. The van der Waals surface area contributed by atoms with E-state index in [-0.39, 0.29) is 0 Å². The minimum Gasteiger partial charge on any atom is -0.385 e. The molecule has 1 aliphatic carbocycles. The van der Waals surface area contributed by atoms with E-state index >= 15 is 0 Å². The number of unbranched alkanes of at least 4 members (excludes halogenated alkanes) is 17. The summed E-state index contributed by atoms with van der Waals surface area (Å²) in [7, 11) is 0. The highest BCUT2D eigenvalue weighted by molar-refractivity contribution is 6.46. The number of carbonyl (C=O) groups excluding carboxylic acids is 2. The van der Waals surface area contributed by atoms with E-state index in [0.717, 1.165) is 18.7 Å². The number of rotatable bonds is 20. The molecule has 0 saturated heterocycles. The molecule has 166 valence electrons. The molecule has 0 amide bonds. The lowest BCUT2D eigenvalue weighted by Gasteiger charge is -2.09. The first-order chi connectivity index (χ1) is 14.2.